The van der Waals surface area contributed by atoms with E-state index in [1.165, 1.54) is 6.92 Å². The molecule has 0 bridgehead atoms. The summed E-state index contributed by atoms with van der Waals surface area (Å²) in [5.41, 5.74) is -0.499. The Kier molecular flexibility index (Phi) is 3.15. The summed E-state index contributed by atoms with van der Waals surface area (Å²) in [5.74, 6) is -1.24. The summed E-state index contributed by atoms with van der Waals surface area (Å²) in [7, 11) is 0. The van der Waals surface area contributed by atoms with Crippen molar-refractivity contribution in [2.24, 2.45) is 0 Å². The van der Waals surface area contributed by atoms with Gasteiger partial charge in [0.25, 0.3) is 6.43 Å². The van der Waals surface area contributed by atoms with Gasteiger partial charge >= 0.3 is 5.97 Å². The van der Waals surface area contributed by atoms with Crippen molar-refractivity contribution < 1.29 is 18.7 Å². The van der Waals surface area contributed by atoms with Crippen molar-refractivity contribution in [1.29, 1.82) is 0 Å². The standard InChI is InChI=1S/C8H6BrF2NO2/c1-3-6(7(10)11)4(9)2-5(12-3)8(13)14/h2,7H,1H3,(H,13,14). The van der Waals surface area contributed by atoms with Crippen molar-refractivity contribution >= 4 is 21.9 Å². The van der Waals surface area contributed by atoms with E-state index in [-0.39, 0.29) is 21.4 Å². The molecule has 0 amide bonds. The minimum absolute atomic E-state index is 0.0202. The van der Waals surface area contributed by atoms with Gasteiger partial charge in [-0.2, -0.15) is 0 Å². The zero-order valence-electron chi connectivity index (χ0n) is 7.09. The molecule has 14 heavy (non-hydrogen) atoms. The van der Waals surface area contributed by atoms with Crippen LogP contribution in [0.2, 0.25) is 0 Å². The lowest BCUT2D eigenvalue weighted by molar-refractivity contribution is 0.0689. The number of hydrogen-bond acceptors (Lipinski definition) is 2. The molecule has 1 aromatic heterocycles. The SMILES string of the molecule is Cc1nc(C(=O)O)cc(Br)c1C(F)F. The Labute approximate surface area is 86.9 Å². The smallest absolute Gasteiger partial charge is 0.354 e. The molecule has 0 atom stereocenters. The fourth-order valence-corrected chi connectivity index (χ4v) is 1.69. The highest BCUT2D eigenvalue weighted by molar-refractivity contribution is 9.10. The molecule has 0 saturated heterocycles. The quantitative estimate of drug-likeness (QED) is 0.895. The van der Waals surface area contributed by atoms with Crippen LogP contribution in [-0.4, -0.2) is 16.1 Å². The van der Waals surface area contributed by atoms with Gasteiger partial charge in [-0.05, 0) is 13.0 Å². The van der Waals surface area contributed by atoms with Crippen LogP contribution in [-0.2, 0) is 0 Å². The average molecular weight is 266 g/mol. The third kappa shape index (κ3) is 2.06. The van der Waals surface area contributed by atoms with Crippen LogP contribution in [0.4, 0.5) is 8.78 Å². The third-order valence-corrected chi connectivity index (χ3v) is 2.29. The van der Waals surface area contributed by atoms with Crippen molar-refractivity contribution in [1.82, 2.24) is 4.98 Å². The van der Waals surface area contributed by atoms with Crippen LogP contribution in [0.25, 0.3) is 0 Å². The second-order valence-corrected chi connectivity index (χ2v) is 3.45. The van der Waals surface area contributed by atoms with Gasteiger partial charge in [-0.3, -0.25) is 0 Å². The molecule has 0 aliphatic rings. The van der Waals surface area contributed by atoms with Gasteiger partial charge in [0.1, 0.15) is 5.69 Å². The Morgan fingerprint density at radius 3 is 2.57 bits per heavy atom. The van der Waals surface area contributed by atoms with Crippen LogP contribution in [0, 0.1) is 6.92 Å². The first-order valence-electron chi connectivity index (χ1n) is 3.62. The van der Waals surface area contributed by atoms with Crippen LogP contribution in [0.1, 0.15) is 28.2 Å². The van der Waals surface area contributed by atoms with E-state index in [0.717, 1.165) is 6.07 Å². The molecule has 0 fully saturated rings. The minimum Gasteiger partial charge on any atom is -0.477 e. The van der Waals surface area contributed by atoms with Crippen LogP contribution >= 0.6 is 15.9 Å². The summed E-state index contributed by atoms with van der Waals surface area (Å²) in [6, 6.07) is 1.07. The summed E-state index contributed by atoms with van der Waals surface area (Å²) in [4.78, 5) is 14.1. The Morgan fingerprint density at radius 1 is 1.64 bits per heavy atom. The first-order valence-corrected chi connectivity index (χ1v) is 4.41. The number of hydrogen-bond donors (Lipinski definition) is 1. The van der Waals surface area contributed by atoms with Crippen molar-refractivity contribution in [3.05, 3.63) is 27.5 Å². The highest BCUT2D eigenvalue weighted by Gasteiger charge is 2.18. The number of carboxylic acid groups (broad SMARTS) is 1. The zero-order valence-corrected chi connectivity index (χ0v) is 8.68. The van der Waals surface area contributed by atoms with E-state index >= 15 is 0 Å². The zero-order chi connectivity index (χ0) is 10.9. The fourth-order valence-electron chi connectivity index (χ4n) is 1.02. The normalized spacial score (nSPS) is 10.6. The number of nitrogens with zero attached hydrogens (tertiary/aromatic N) is 1. The summed E-state index contributed by atoms with van der Waals surface area (Å²) in [5, 5.41) is 8.59. The van der Waals surface area contributed by atoms with E-state index in [2.05, 4.69) is 20.9 Å². The van der Waals surface area contributed by atoms with Gasteiger partial charge in [0, 0.05) is 10.2 Å². The van der Waals surface area contributed by atoms with E-state index in [0.29, 0.717) is 0 Å². The van der Waals surface area contributed by atoms with Crippen molar-refractivity contribution in [2.45, 2.75) is 13.3 Å². The molecule has 1 heterocycles. The maximum atomic E-state index is 12.4. The van der Waals surface area contributed by atoms with Crippen LogP contribution in [0.15, 0.2) is 10.5 Å². The van der Waals surface area contributed by atoms with E-state index in [4.69, 9.17) is 5.11 Å². The van der Waals surface area contributed by atoms with Crippen LogP contribution < -0.4 is 0 Å². The molecule has 0 aromatic carbocycles. The number of aryl methyl sites for hydroxylation is 1. The fraction of sp³-hybridized carbons (Fsp3) is 0.250. The molecule has 1 N–H and O–H groups in total. The molecule has 0 radical (unpaired) electrons. The molecule has 0 unspecified atom stereocenters. The number of pyridine rings is 1. The predicted octanol–water partition coefficient (Wildman–Crippen LogP) is 2.79. The molecule has 1 aromatic rings. The molecule has 3 nitrogen and oxygen atoms in total. The van der Waals surface area contributed by atoms with Gasteiger partial charge in [0.05, 0.1) is 5.56 Å². The molecule has 6 heteroatoms. The first kappa shape index (κ1) is 11.0. The monoisotopic (exact) mass is 265 g/mol. The summed E-state index contributed by atoms with van der Waals surface area (Å²) < 4.78 is 24.9. The van der Waals surface area contributed by atoms with Crippen molar-refractivity contribution in [2.75, 3.05) is 0 Å². The van der Waals surface area contributed by atoms with E-state index < -0.39 is 12.4 Å². The Morgan fingerprint density at radius 2 is 2.21 bits per heavy atom. The molecular formula is C8H6BrF2NO2. The molecule has 0 aliphatic heterocycles. The Hall–Kier alpha value is -1.04. The number of alkyl halides is 2. The first-order chi connectivity index (χ1) is 6.43. The number of aromatic nitrogens is 1. The lowest BCUT2D eigenvalue weighted by Crippen LogP contribution is -2.05. The van der Waals surface area contributed by atoms with Crippen LogP contribution in [0.5, 0.6) is 0 Å². The number of aromatic carboxylic acids is 1. The van der Waals surface area contributed by atoms with Gasteiger partial charge in [-0.1, -0.05) is 15.9 Å². The number of rotatable bonds is 2. The second-order valence-electron chi connectivity index (χ2n) is 2.59. The second kappa shape index (κ2) is 4.00. The molecule has 0 saturated carbocycles. The summed E-state index contributed by atoms with van der Waals surface area (Å²) in [6.07, 6.45) is -2.67. The largest absolute Gasteiger partial charge is 0.477 e. The number of carbonyl (C=O) groups is 1. The number of carboxylic acids is 1. The highest BCUT2D eigenvalue weighted by Crippen LogP contribution is 2.29. The Bertz CT molecular complexity index is 359. The third-order valence-electron chi connectivity index (χ3n) is 1.64. The van der Waals surface area contributed by atoms with Crippen LogP contribution in [0.3, 0.4) is 0 Å². The van der Waals surface area contributed by atoms with Crippen molar-refractivity contribution in [3.63, 3.8) is 0 Å². The van der Waals surface area contributed by atoms with Gasteiger partial charge in [0.2, 0.25) is 0 Å². The Balaban J connectivity index is 3.32. The lowest BCUT2D eigenvalue weighted by atomic mass is 10.2. The van der Waals surface area contributed by atoms with E-state index in [9.17, 15) is 13.6 Å². The minimum atomic E-state index is -2.67. The van der Waals surface area contributed by atoms with E-state index in [1.807, 2.05) is 0 Å². The highest BCUT2D eigenvalue weighted by atomic mass is 79.9. The average Bonchev–Trinajstić information content (AvgIpc) is 2.01. The number of halogens is 3. The predicted molar refractivity (Wildman–Crippen MR) is 48.6 cm³/mol. The molecule has 1 rings (SSSR count). The van der Waals surface area contributed by atoms with Gasteiger partial charge in [-0.25, -0.2) is 18.6 Å². The maximum Gasteiger partial charge on any atom is 0.354 e. The molecule has 0 aliphatic carbocycles. The van der Waals surface area contributed by atoms with Gasteiger partial charge in [-0.15, -0.1) is 0 Å². The van der Waals surface area contributed by atoms with Crippen molar-refractivity contribution in [3.8, 4) is 0 Å². The van der Waals surface area contributed by atoms with Gasteiger partial charge < -0.3 is 5.11 Å². The maximum absolute atomic E-state index is 12.4. The summed E-state index contributed by atoms with van der Waals surface area (Å²) >= 11 is 2.88. The molecular weight excluding hydrogens is 260 g/mol. The van der Waals surface area contributed by atoms with Gasteiger partial charge in [0.15, 0.2) is 0 Å². The molecule has 76 valence electrons. The summed E-state index contributed by atoms with van der Waals surface area (Å²) in [6.45, 7) is 1.35. The topological polar surface area (TPSA) is 50.2 Å². The molecule has 0 spiro atoms. The van der Waals surface area contributed by atoms with E-state index in [1.54, 1.807) is 0 Å². The lowest BCUT2D eigenvalue weighted by Gasteiger charge is -2.07.